The second-order valence-corrected chi connectivity index (χ2v) is 7.70. The number of hydrogen-bond donors (Lipinski definition) is 2. The molecule has 9 heteroatoms. The number of carbonyl (C=O) groups is 2. The third kappa shape index (κ3) is 5.08. The fourth-order valence-electron chi connectivity index (χ4n) is 3.75. The van der Waals surface area contributed by atoms with Gasteiger partial charge in [0.05, 0.1) is 14.2 Å². The number of imidazole rings is 1. The number of hydrogen-bond acceptors (Lipinski definition) is 6. The normalized spacial score (nSPS) is 13.5. The molecule has 2 heterocycles. The predicted molar refractivity (Wildman–Crippen MR) is 122 cm³/mol. The van der Waals surface area contributed by atoms with Gasteiger partial charge in [-0.2, -0.15) is 0 Å². The van der Waals surface area contributed by atoms with Crippen LogP contribution in [-0.2, 0) is 23.1 Å². The Morgan fingerprint density at radius 2 is 1.88 bits per heavy atom. The molecule has 1 aromatic heterocycles. The SMILES string of the molecule is COc1cc(OC)cc([C@@H](NC(=O)COc2ccc3c(c2)CCC(=O)N3)c2nccn2C)c1. The molecule has 0 saturated heterocycles. The number of anilines is 1. The molecule has 33 heavy (non-hydrogen) atoms. The first-order chi connectivity index (χ1) is 16.0. The van der Waals surface area contributed by atoms with E-state index in [9.17, 15) is 9.59 Å². The Morgan fingerprint density at radius 3 is 2.55 bits per heavy atom. The lowest BCUT2D eigenvalue weighted by Crippen LogP contribution is -2.34. The third-order valence-corrected chi connectivity index (χ3v) is 5.47. The van der Waals surface area contributed by atoms with Crippen LogP contribution in [0.25, 0.3) is 0 Å². The van der Waals surface area contributed by atoms with Crippen LogP contribution < -0.4 is 24.8 Å². The highest BCUT2D eigenvalue weighted by Crippen LogP contribution is 2.30. The average Bonchev–Trinajstić information content (AvgIpc) is 3.26. The first-order valence-corrected chi connectivity index (χ1v) is 10.5. The van der Waals surface area contributed by atoms with Crippen LogP contribution >= 0.6 is 0 Å². The number of aromatic nitrogens is 2. The molecule has 4 rings (SSSR count). The van der Waals surface area contributed by atoms with E-state index in [0.717, 1.165) is 16.8 Å². The summed E-state index contributed by atoms with van der Waals surface area (Å²) in [4.78, 5) is 28.8. The van der Waals surface area contributed by atoms with E-state index >= 15 is 0 Å². The number of nitrogens with one attached hydrogen (secondary N) is 2. The van der Waals surface area contributed by atoms with Crippen molar-refractivity contribution in [2.24, 2.45) is 7.05 Å². The lowest BCUT2D eigenvalue weighted by molar-refractivity contribution is -0.123. The van der Waals surface area contributed by atoms with Crippen LogP contribution in [0.15, 0.2) is 48.8 Å². The number of rotatable bonds is 8. The van der Waals surface area contributed by atoms with Crippen molar-refractivity contribution >= 4 is 17.5 Å². The van der Waals surface area contributed by atoms with Crippen molar-refractivity contribution in [1.29, 1.82) is 0 Å². The minimum absolute atomic E-state index is 0.00467. The van der Waals surface area contributed by atoms with E-state index in [1.807, 2.05) is 36.0 Å². The van der Waals surface area contributed by atoms with Gasteiger partial charge in [0.1, 0.15) is 29.1 Å². The van der Waals surface area contributed by atoms with Crippen LogP contribution in [0.1, 0.15) is 29.4 Å². The molecule has 0 saturated carbocycles. The highest BCUT2D eigenvalue weighted by Gasteiger charge is 2.23. The second-order valence-electron chi connectivity index (χ2n) is 7.70. The van der Waals surface area contributed by atoms with Crippen molar-refractivity contribution in [1.82, 2.24) is 14.9 Å². The van der Waals surface area contributed by atoms with Crippen LogP contribution in [0.4, 0.5) is 5.69 Å². The van der Waals surface area contributed by atoms with Crippen molar-refractivity contribution in [3.63, 3.8) is 0 Å². The van der Waals surface area contributed by atoms with Crippen molar-refractivity contribution in [3.05, 3.63) is 65.7 Å². The van der Waals surface area contributed by atoms with E-state index in [1.165, 1.54) is 0 Å². The Hall–Kier alpha value is -4.01. The summed E-state index contributed by atoms with van der Waals surface area (Å²) >= 11 is 0. The van der Waals surface area contributed by atoms with Gasteiger partial charge in [-0.25, -0.2) is 4.98 Å². The van der Waals surface area contributed by atoms with E-state index in [-0.39, 0.29) is 18.4 Å². The van der Waals surface area contributed by atoms with Gasteiger partial charge in [0.15, 0.2) is 6.61 Å². The van der Waals surface area contributed by atoms with E-state index in [4.69, 9.17) is 14.2 Å². The molecule has 2 amide bonds. The maximum atomic E-state index is 12.9. The number of ether oxygens (including phenoxy) is 3. The number of fused-ring (bicyclic) bond motifs is 1. The second kappa shape index (κ2) is 9.64. The minimum atomic E-state index is -0.538. The molecule has 172 valence electrons. The zero-order valence-electron chi connectivity index (χ0n) is 18.8. The minimum Gasteiger partial charge on any atom is -0.497 e. The maximum Gasteiger partial charge on any atom is 0.258 e. The summed E-state index contributed by atoms with van der Waals surface area (Å²) < 4.78 is 18.3. The molecule has 0 bridgehead atoms. The topological polar surface area (TPSA) is 104 Å². The summed E-state index contributed by atoms with van der Waals surface area (Å²) in [5, 5.41) is 5.83. The number of benzene rings is 2. The van der Waals surface area contributed by atoms with E-state index in [1.54, 1.807) is 38.6 Å². The molecule has 0 aliphatic carbocycles. The summed E-state index contributed by atoms with van der Waals surface area (Å²) in [6, 6.07) is 10.3. The molecule has 1 atom stereocenters. The van der Waals surface area contributed by atoms with E-state index in [0.29, 0.717) is 35.9 Å². The molecule has 0 unspecified atom stereocenters. The Balaban J connectivity index is 1.51. The molecule has 2 N–H and O–H groups in total. The highest BCUT2D eigenvalue weighted by atomic mass is 16.5. The van der Waals surface area contributed by atoms with Gasteiger partial charge >= 0.3 is 0 Å². The van der Waals surface area contributed by atoms with Gasteiger partial charge in [-0.05, 0) is 47.9 Å². The standard InChI is InChI=1S/C24H26N4O5/c1-28-9-8-25-24(28)23(16-11-18(31-2)13-19(12-16)32-3)27-22(30)14-33-17-5-6-20-15(10-17)4-7-21(29)26-20/h5-6,8-13,23H,4,7,14H2,1-3H3,(H,26,29)(H,27,30)/t23-/m1/s1. The number of methoxy groups -OCH3 is 2. The molecule has 0 spiro atoms. The van der Waals surface area contributed by atoms with Gasteiger partial charge < -0.3 is 29.4 Å². The van der Waals surface area contributed by atoms with E-state index in [2.05, 4.69) is 15.6 Å². The molecular weight excluding hydrogens is 424 g/mol. The molecule has 1 aliphatic heterocycles. The van der Waals surface area contributed by atoms with Crippen LogP contribution in [0, 0.1) is 0 Å². The highest BCUT2D eigenvalue weighted by molar-refractivity contribution is 5.94. The van der Waals surface area contributed by atoms with Gasteiger partial charge in [0.25, 0.3) is 5.91 Å². The average molecular weight is 450 g/mol. The Labute approximate surface area is 191 Å². The van der Waals surface area contributed by atoms with Crippen molar-refractivity contribution in [2.75, 3.05) is 26.1 Å². The van der Waals surface area contributed by atoms with Crippen molar-refractivity contribution in [2.45, 2.75) is 18.9 Å². The number of aryl methyl sites for hydroxylation is 2. The van der Waals surface area contributed by atoms with Gasteiger partial charge in [0.2, 0.25) is 5.91 Å². The number of carbonyl (C=O) groups excluding carboxylic acids is 2. The molecule has 0 radical (unpaired) electrons. The fraction of sp³-hybridized carbons (Fsp3) is 0.292. The summed E-state index contributed by atoms with van der Waals surface area (Å²) in [6.45, 7) is -0.173. The Bertz CT molecular complexity index is 1150. The summed E-state index contributed by atoms with van der Waals surface area (Å²) in [5.74, 6) is 2.13. The van der Waals surface area contributed by atoms with Crippen LogP contribution in [0.5, 0.6) is 17.2 Å². The van der Waals surface area contributed by atoms with Gasteiger partial charge in [-0.1, -0.05) is 0 Å². The van der Waals surface area contributed by atoms with Gasteiger partial charge in [0, 0.05) is 37.6 Å². The lowest BCUT2D eigenvalue weighted by Gasteiger charge is -2.21. The molecule has 9 nitrogen and oxygen atoms in total. The molecular formula is C24H26N4O5. The fourth-order valence-corrected chi connectivity index (χ4v) is 3.75. The van der Waals surface area contributed by atoms with Crippen LogP contribution in [0.3, 0.4) is 0 Å². The van der Waals surface area contributed by atoms with Gasteiger partial charge in [-0.3, -0.25) is 9.59 Å². The summed E-state index contributed by atoms with van der Waals surface area (Å²) in [6.07, 6.45) is 4.57. The van der Waals surface area contributed by atoms with Crippen LogP contribution in [-0.4, -0.2) is 42.2 Å². The van der Waals surface area contributed by atoms with E-state index < -0.39 is 6.04 Å². The molecule has 2 aromatic carbocycles. The Kier molecular flexibility index (Phi) is 6.48. The zero-order chi connectivity index (χ0) is 23.4. The summed E-state index contributed by atoms with van der Waals surface area (Å²) in [7, 11) is 5.01. The van der Waals surface area contributed by atoms with Crippen molar-refractivity contribution in [3.8, 4) is 17.2 Å². The van der Waals surface area contributed by atoms with Gasteiger partial charge in [-0.15, -0.1) is 0 Å². The first kappa shape index (κ1) is 22.2. The monoisotopic (exact) mass is 450 g/mol. The molecule has 3 aromatic rings. The Morgan fingerprint density at radius 1 is 1.12 bits per heavy atom. The third-order valence-electron chi connectivity index (χ3n) is 5.47. The lowest BCUT2D eigenvalue weighted by atomic mass is 10.0. The number of amides is 2. The maximum absolute atomic E-state index is 12.9. The molecule has 0 fully saturated rings. The largest absolute Gasteiger partial charge is 0.497 e. The molecule has 1 aliphatic rings. The quantitative estimate of drug-likeness (QED) is 0.547. The predicted octanol–water partition coefficient (Wildman–Crippen LogP) is 2.61. The first-order valence-electron chi connectivity index (χ1n) is 10.5. The number of nitrogens with zero attached hydrogens (tertiary/aromatic N) is 2. The zero-order valence-corrected chi connectivity index (χ0v) is 18.8. The summed E-state index contributed by atoms with van der Waals surface area (Å²) in [5.41, 5.74) is 2.53. The van der Waals surface area contributed by atoms with Crippen molar-refractivity contribution < 1.29 is 23.8 Å². The van der Waals surface area contributed by atoms with Crippen LogP contribution in [0.2, 0.25) is 0 Å². The smallest absolute Gasteiger partial charge is 0.258 e.